The molecule has 21 heavy (non-hydrogen) atoms. The van der Waals surface area contributed by atoms with E-state index in [2.05, 4.69) is 12.2 Å². The second-order valence-corrected chi connectivity index (χ2v) is 5.65. The molecule has 0 amide bonds. The van der Waals surface area contributed by atoms with Crippen molar-refractivity contribution in [2.75, 3.05) is 19.8 Å². The van der Waals surface area contributed by atoms with Crippen LogP contribution in [0.4, 0.5) is 0 Å². The molecular formula is C16H26ClNO3. The van der Waals surface area contributed by atoms with Gasteiger partial charge in [0.25, 0.3) is 0 Å². The highest BCUT2D eigenvalue weighted by Crippen LogP contribution is 2.26. The molecule has 0 saturated carbocycles. The van der Waals surface area contributed by atoms with E-state index >= 15 is 0 Å². The van der Waals surface area contributed by atoms with E-state index in [1.54, 1.807) is 0 Å². The molecule has 1 unspecified atom stereocenters. The van der Waals surface area contributed by atoms with Crippen LogP contribution < -0.4 is 10.1 Å². The van der Waals surface area contributed by atoms with Gasteiger partial charge in [-0.05, 0) is 38.9 Å². The average molecular weight is 316 g/mol. The highest BCUT2D eigenvalue weighted by atomic mass is 35.5. The maximum absolute atomic E-state index is 9.84. The third kappa shape index (κ3) is 7.14. The fourth-order valence-electron chi connectivity index (χ4n) is 1.77. The Kier molecular flexibility index (Phi) is 8.69. The van der Waals surface area contributed by atoms with Crippen LogP contribution in [0.5, 0.6) is 5.75 Å². The molecule has 120 valence electrons. The lowest BCUT2D eigenvalue weighted by Crippen LogP contribution is -2.25. The Morgan fingerprint density at radius 1 is 1.29 bits per heavy atom. The number of ether oxygens (including phenoxy) is 2. The highest BCUT2D eigenvalue weighted by Gasteiger charge is 2.11. The normalized spacial score (nSPS) is 12.7. The third-order valence-corrected chi connectivity index (χ3v) is 3.21. The SMILES string of the molecule is CCCNCc1c(Cl)cccc1OCC(O)COC(C)C. The van der Waals surface area contributed by atoms with Gasteiger partial charge in [0.05, 0.1) is 12.7 Å². The van der Waals surface area contributed by atoms with Crippen molar-refractivity contribution in [1.82, 2.24) is 5.32 Å². The Balaban J connectivity index is 2.55. The molecule has 2 N–H and O–H groups in total. The summed E-state index contributed by atoms with van der Waals surface area (Å²) >= 11 is 6.22. The zero-order chi connectivity index (χ0) is 15.7. The Hall–Kier alpha value is -0.810. The smallest absolute Gasteiger partial charge is 0.125 e. The summed E-state index contributed by atoms with van der Waals surface area (Å²) in [6.07, 6.45) is 0.508. The summed E-state index contributed by atoms with van der Waals surface area (Å²) in [4.78, 5) is 0. The molecule has 0 aromatic heterocycles. The Labute approximate surface area is 132 Å². The van der Waals surface area contributed by atoms with Crippen LogP contribution in [-0.2, 0) is 11.3 Å². The number of benzene rings is 1. The van der Waals surface area contributed by atoms with Crippen LogP contribution in [0.3, 0.4) is 0 Å². The van der Waals surface area contributed by atoms with Gasteiger partial charge in [-0.3, -0.25) is 0 Å². The van der Waals surface area contributed by atoms with Gasteiger partial charge in [0, 0.05) is 17.1 Å². The highest BCUT2D eigenvalue weighted by molar-refractivity contribution is 6.31. The van der Waals surface area contributed by atoms with E-state index in [0.717, 1.165) is 18.5 Å². The summed E-state index contributed by atoms with van der Waals surface area (Å²) in [6.45, 7) is 8.01. The van der Waals surface area contributed by atoms with Crippen molar-refractivity contribution < 1.29 is 14.6 Å². The molecule has 0 bridgehead atoms. The first-order chi connectivity index (χ1) is 10.0. The Morgan fingerprint density at radius 3 is 2.71 bits per heavy atom. The number of aliphatic hydroxyl groups excluding tert-OH is 1. The lowest BCUT2D eigenvalue weighted by molar-refractivity contribution is -0.0124. The van der Waals surface area contributed by atoms with E-state index < -0.39 is 6.10 Å². The van der Waals surface area contributed by atoms with Gasteiger partial charge in [-0.1, -0.05) is 24.6 Å². The Morgan fingerprint density at radius 2 is 2.05 bits per heavy atom. The van der Waals surface area contributed by atoms with Crippen LogP contribution >= 0.6 is 11.6 Å². The van der Waals surface area contributed by atoms with Crippen molar-refractivity contribution in [3.8, 4) is 5.75 Å². The summed E-state index contributed by atoms with van der Waals surface area (Å²) in [7, 11) is 0. The number of aliphatic hydroxyl groups is 1. The van der Waals surface area contributed by atoms with E-state index in [9.17, 15) is 5.11 Å². The van der Waals surface area contributed by atoms with Gasteiger partial charge < -0.3 is 19.9 Å². The maximum Gasteiger partial charge on any atom is 0.125 e. The van der Waals surface area contributed by atoms with Gasteiger partial charge in [0.15, 0.2) is 0 Å². The zero-order valence-electron chi connectivity index (χ0n) is 13.1. The summed E-state index contributed by atoms with van der Waals surface area (Å²) < 4.78 is 11.0. The maximum atomic E-state index is 9.84. The first kappa shape index (κ1) is 18.2. The number of rotatable bonds is 10. The van der Waals surface area contributed by atoms with Crippen LogP contribution in [0.25, 0.3) is 0 Å². The molecule has 0 spiro atoms. The van der Waals surface area contributed by atoms with E-state index in [1.165, 1.54) is 0 Å². The fourth-order valence-corrected chi connectivity index (χ4v) is 2.01. The second kappa shape index (κ2) is 10.0. The first-order valence-corrected chi connectivity index (χ1v) is 7.83. The molecule has 0 saturated heterocycles. The standard InChI is InChI=1S/C16H26ClNO3/c1-4-8-18-9-14-15(17)6-5-7-16(14)21-11-13(19)10-20-12(2)3/h5-7,12-13,18-19H,4,8-11H2,1-3H3. The third-order valence-electron chi connectivity index (χ3n) is 2.86. The van der Waals surface area contributed by atoms with E-state index in [-0.39, 0.29) is 19.3 Å². The minimum atomic E-state index is -0.650. The predicted molar refractivity (Wildman–Crippen MR) is 86.0 cm³/mol. The number of nitrogens with one attached hydrogen (secondary N) is 1. The van der Waals surface area contributed by atoms with Crippen LogP contribution in [0.1, 0.15) is 32.8 Å². The summed E-state index contributed by atoms with van der Waals surface area (Å²) in [5.74, 6) is 0.703. The lowest BCUT2D eigenvalue weighted by Gasteiger charge is -2.17. The minimum Gasteiger partial charge on any atom is -0.490 e. The molecule has 0 fully saturated rings. The van der Waals surface area contributed by atoms with Crippen LogP contribution in [0.2, 0.25) is 5.02 Å². The Bertz CT molecular complexity index is 413. The molecule has 1 aromatic rings. The number of halogens is 1. The van der Waals surface area contributed by atoms with Crippen molar-refractivity contribution >= 4 is 11.6 Å². The molecule has 1 atom stereocenters. The molecule has 4 nitrogen and oxygen atoms in total. The molecule has 1 aromatic carbocycles. The van der Waals surface area contributed by atoms with Crippen molar-refractivity contribution in [3.63, 3.8) is 0 Å². The number of hydrogen-bond donors (Lipinski definition) is 2. The van der Waals surface area contributed by atoms with Gasteiger partial charge in [0.2, 0.25) is 0 Å². The largest absolute Gasteiger partial charge is 0.490 e. The molecule has 0 radical (unpaired) electrons. The molecule has 0 heterocycles. The average Bonchev–Trinajstić information content (AvgIpc) is 2.45. The number of hydrogen-bond acceptors (Lipinski definition) is 4. The summed E-state index contributed by atoms with van der Waals surface area (Å²) in [5, 5.41) is 13.8. The molecular weight excluding hydrogens is 290 g/mol. The minimum absolute atomic E-state index is 0.0969. The predicted octanol–water partition coefficient (Wildman–Crippen LogP) is 3.00. The molecule has 0 aliphatic carbocycles. The topological polar surface area (TPSA) is 50.7 Å². The zero-order valence-corrected chi connectivity index (χ0v) is 13.8. The van der Waals surface area contributed by atoms with Crippen LogP contribution in [0.15, 0.2) is 18.2 Å². The summed E-state index contributed by atoms with van der Waals surface area (Å²) in [5.41, 5.74) is 0.921. The van der Waals surface area contributed by atoms with Crippen molar-refractivity contribution in [3.05, 3.63) is 28.8 Å². The fraction of sp³-hybridized carbons (Fsp3) is 0.625. The molecule has 0 aliphatic heterocycles. The van der Waals surface area contributed by atoms with Gasteiger partial charge in [-0.25, -0.2) is 0 Å². The van der Waals surface area contributed by atoms with Crippen LogP contribution in [-0.4, -0.2) is 37.1 Å². The molecule has 1 rings (SSSR count). The molecule has 5 heteroatoms. The first-order valence-electron chi connectivity index (χ1n) is 7.45. The lowest BCUT2D eigenvalue weighted by atomic mass is 10.2. The van der Waals surface area contributed by atoms with E-state index in [0.29, 0.717) is 17.3 Å². The van der Waals surface area contributed by atoms with Gasteiger partial charge in [0.1, 0.15) is 18.5 Å². The van der Waals surface area contributed by atoms with E-state index in [1.807, 2.05) is 32.0 Å². The van der Waals surface area contributed by atoms with Gasteiger partial charge in [-0.2, -0.15) is 0 Å². The quantitative estimate of drug-likeness (QED) is 0.652. The van der Waals surface area contributed by atoms with Crippen molar-refractivity contribution in [1.29, 1.82) is 0 Å². The van der Waals surface area contributed by atoms with Crippen molar-refractivity contribution in [2.45, 2.75) is 45.9 Å². The van der Waals surface area contributed by atoms with Crippen LogP contribution in [0, 0.1) is 0 Å². The van der Waals surface area contributed by atoms with Gasteiger partial charge in [-0.15, -0.1) is 0 Å². The van der Waals surface area contributed by atoms with Gasteiger partial charge >= 0.3 is 0 Å². The van der Waals surface area contributed by atoms with Crippen molar-refractivity contribution in [2.24, 2.45) is 0 Å². The monoisotopic (exact) mass is 315 g/mol. The summed E-state index contributed by atoms with van der Waals surface area (Å²) in [6, 6.07) is 5.55. The van der Waals surface area contributed by atoms with E-state index in [4.69, 9.17) is 21.1 Å². The molecule has 0 aliphatic rings. The second-order valence-electron chi connectivity index (χ2n) is 5.24.